The minimum atomic E-state index is 0.0133. The molecule has 3 nitrogen and oxygen atoms in total. The number of anilines is 1. The largest absolute Gasteiger partial charge is 0.385 e. The van der Waals surface area contributed by atoms with Crippen LogP contribution in [0, 0.1) is 0 Å². The zero-order valence-electron chi connectivity index (χ0n) is 12.2. The number of rotatable bonds is 6. The fourth-order valence-corrected chi connectivity index (χ4v) is 2.21. The second-order valence-electron chi connectivity index (χ2n) is 4.77. The average Bonchev–Trinajstić information content (AvgIpc) is 2.39. The van der Waals surface area contributed by atoms with Crippen LogP contribution < -0.4 is 5.32 Å². The van der Waals surface area contributed by atoms with Crippen LogP contribution in [0.3, 0.4) is 0 Å². The fraction of sp³-hybridized carbons (Fsp3) is 0.533. The minimum absolute atomic E-state index is 0.0133. The first kappa shape index (κ1) is 15.8. The van der Waals surface area contributed by atoms with E-state index in [1.807, 2.05) is 20.0 Å². The Hall–Kier alpha value is -1.22. The summed E-state index contributed by atoms with van der Waals surface area (Å²) in [6.45, 7) is 6.97. The zero-order chi connectivity index (χ0) is 14.4. The number of carbonyl (C=O) groups excluding carboxylic acids is 1. The van der Waals surface area contributed by atoms with Gasteiger partial charge in [-0.05, 0) is 38.5 Å². The molecule has 0 fully saturated rings. The summed E-state index contributed by atoms with van der Waals surface area (Å²) in [5, 5.41) is 3.79. The van der Waals surface area contributed by atoms with Crippen LogP contribution in [0.4, 0.5) is 5.69 Å². The van der Waals surface area contributed by atoms with Gasteiger partial charge in [-0.15, -0.1) is 0 Å². The van der Waals surface area contributed by atoms with E-state index >= 15 is 0 Å². The van der Waals surface area contributed by atoms with Crippen molar-refractivity contribution in [3.8, 4) is 0 Å². The van der Waals surface area contributed by atoms with Crippen molar-refractivity contribution in [3.05, 3.63) is 28.8 Å². The standard InChI is InChI=1S/C15H23ClN2O/c1-5-7-11(3)18(4)15(19)13-10-12(16)8-9-14(13)17-6-2/h8-11,17H,5-7H2,1-4H3. The van der Waals surface area contributed by atoms with Gasteiger partial charge in [0.05, 0.1) is 5.56 Å². The Morgan fingerprint density at radius 1 is 1.42 bits per heavy atom. The van der Waals surface area contributed by atoms with Gasteiger partial charge in [0.15, 0.2) is 0 Å². The third kappa shape index (κ3) is 4.13. The van der Waals surface area contributed by atoms with E-state index in [-0.39, 0.29) is 11.9 Å². The van der Waals surface area contributed by atoms with E-state index in [2.05, 4.69) is 19.2 Å². The van der Waals surface area contributed by atoms with Crippen molar-refractivity contribution in [2.75, 3.05) is 18.9 Å². The predicted octanol–water partition coefficient (Wildman–Crippen LogP) is 4.03. The summed E-state index contributed by atoms with van der Waals surface area (Å²) in [5.74, 6) is 0.0133. The molecule has 0 saturated heterocycles. The summed E-state index contributed by atoms with van der Waals surface area (Å²) in [7, 11) is 1.85. The molecule has 0 aromatic heterocycles. The third-order valence-corrected chi connectivity index (χ3v) is 3.50. The van der Waals surface area contributed by atoms with E-state index in [0.29, 0.717) is 10.6 Å². The molecule has 1 amide bonds. The van der Waals surface area contributed by atoms with Gasteiger partial charge in [-0.25, -0.2) is 0 Å². The minimum Gasteiger partial charge on any atom is -0.385 e. The number of nitrogens with zero attached hydrogens (tertiary/aromatic N) is 1. The van der Waals surface area contributed by atoms with Gasteiger partial charge in [0.2, 0.25) is 0 Å². The molecule has 0 heterocycles. The molecule has 4 heteroatoms. The summed E-state index contributed by atoms with van der Waals surface area (Å²) in [4.78, 5) is 14.3. The van der Waals surface area contributed by atoms with E-state index in [1.54, 1.807) is 17.0 Å². The Labute approximate surface area is 120 Å². The highest BCUT2D eigenvalue weighted by Crippen LogP contribution is 2.23. The average molecular weight is 283 g/mol. The molecule has 0 aliphatic carbocycles. The molecule has 1 rings (SSSR count). The summed E-state index contributed by atoms with van der Waals surface area (Å²) < 4.78 is 0. The first-order chi connectivity index (χ1) is 9.01. The molecular formula is C15H23ClN2O. The highest BCUT2D eigenvalue weighted by molar-refractivity contribution is 6.31. The summed E-state index contributed by atoms with van der Waals surface area (Å²) in [6.07, 6.45) is 2.06. The van der Waals surface area contributed by atoms with Gasteiger partial charge in [-0.2, -0.15) is 0 Å². The molecule has 0 aliphatic heterocycles. The molecule has 1 aromatic carbocycles. The highest BCUT2D eigenvalue weighted by Gasteiger charge is 2.19. The Kier molecular flexibility index (Phi) is 6.16. The third-order valence-electron chi connectivity index (χ3n) is 3.27. The first-order valence-electron chi connectivity index (χ1n) is 6.81. The number of carbonyl (C=O) groups is 1. The molecule has 0 aliphatic rings. The molecule has 106 valence electrons. The Balaban J connectivity index is 3.00. The maximum absolute atomic E-state index is 12.5. The number of amides is 1. The van der Waals surface area contributed by atoms with Crippen LogP contribution in [0.25, 0.3) is 0 Å². The van der Waals surface area contributed by atoms with Crippen LogP contribution in [0.15, 0.2) is 18.2 Å². The normalized spacial score (nSPS) is 12.1. The number of halogens is 1. The smallest absolute Gasteiger partial charge is 0.255 e. The maximum atomic E-state index is 12.5. The number of benzene rings is 1. The Morgan fingerprint density at radius 3 is 2.68 bits per heavy atom. The molecular weight excluding hydrogens is 260 g/mol. The number of nitrogens with one attached hydrogen (secondary N) is 1. The van der Waals surface area contributed by atoms with Crippen molar-refractivity contribution < 1.29 is 4.79 Å². The predicted molar refractivity (Wildman–Crippen MR) is 82.1 cm³/mol. The van der Waals surface area contributed by atoms with Crippen molar-refractivity contribution in [2.24, 2.45) is 0 Å². The lowest BCUT2D eigenvalue weighted by atomic mass is 10.1. The molecule has 1 aromatic rings. The molecule has 1 N–H and O–H groups in total. The second kappa shape index (κ2) is 7.39. The van der Waals surface area contributed by atoms with Crippen molar-refractivity contribution in [1.82, 2.24) is 4.90 Å². The lowest BCUT2D eigenvalue weighted by Gasteiger charge is -2.26. The molecule has 0 spiro atoms. The van der Waals surface area contributed by atoms with E-state index in [0.717, 1.165) is 25.1 Å². The molecule has 19 heavy (non-hydrogen) atoms. The lowest BCUT2D eigenvalue weighted by molar-refractivity contribution is 0.0737. The molecule has 0 bridgehead atoms. The quantitative estimate of drug-likeness (QED) is 0.854. The second-order valence-corrected chi connectivity index (χ2v) is 5.21. The fourth-order valence-electron chi connectivity index (χ4n) is 2.04. The van der Waals surface area contributed by atoms with Gasteiger partial charge < -0.3 is 10.2 Å². The van der Waals surface area contributed by atoms with Crippen LogP contribution in [-0.4, -0.2) is 30.4 Å². The van der Waals surface area contributed by atoms with Gasteiger partial charge in [0, 0.05) is 30.3 Å². The van der Waals surface area contributed by atoms with E-state index < -0.39 is 0 Å². The SMILES string of the molecule is CCCC(C)N(C)C(=O)c1cc(Cl)ccc1NCC. The maximum Gasteiger partial charge on any atom is 0.255 e. The van der Waals surface area contributed by atoms with Crippen LogP contribution >= 0.6 is 11.6 Å². The first-order valence-corrected chi connectivity index (χ1v) is 7.19. The Bertz CT molecular complexity index is 434. The Morgan fingerprint density at radius 2 is 2.11 bits per heavy atom. The van der Waals surface area contributed by atoms with Crippen molar-refractivity contribution >= 4 is 23.2 Å². The van der Waals surface area contributed by atoms with Gasteiger partial charge in [0.25, 0.3) is 5.91 Å². The van der Waals surface area contributed by atoms with Crippen molar-refractivity contribution in [2.45, 2.75) is 39.7 Å². The monoisotopic (exact) mass is 282 g/mol. The van der Waals surface area contributed by atoms with Crippen molar-refractivity contribution in [1.29, 1.82) is 0 Å². The zero-order valence-corrected chi connectivity index (χ0v) is 12.9. The summed E-state index contributed by atoms with van der Waals surface area (Å²) in [5.41, 5.74) is 1.48. The molecule has 0 radical (unpaired) electrons. The lowest BCUT2D eigenvalue weighted by Crippen LogP contribution is -2.35. The van der Waals surface area contributed by atoms with Crippen LogP contribution in [0.5, 0.6) is 0 Å². The molecule has 1 atom stereocenters. The topological polar surface area (TPSA) is 32.3 Å². The van der Waals surface area contributed by atoms with Gasteiger partial charge in [-0.1, -0.05) is 24.9 Å². The van der Waals surface area contributed by atoms with Crippen LogP contribution in [0.1, 0.15) is 44.0 Å². The molecule has 1 unspecified atom stereocenters. The molecule has 0 saturated carbocycles. The van der Waals surface area contributed by atoms with Gasteiger partial charge in [-0.3, -0.25) is 4.79 Å². The van der Waals surface area contributed by atoms with Gasteiger partial charge in [0.1, 0.15) is 0 Å². The van der Waals surface area contributed by atoms with E-state index in [9.17, 15) is 4.79 Å². The van der Waals surface area contributed by atoms with Gasteiger partial charge >= 0.3 is 0 Å². The highest BCUT2D eigenvalue weighted by atomic mass is 35.5. The van der Waals surface area contributed by atoms with Crippen molar-refractivity contribution in [3.63, 3.8) is 0 Å². The van der Waals surface area contributed by atoms with E-state index in [4.69, 9.17) is 11.6 Å². The number of hydrogen-bond acceptors (Lipinski definition) is 2. The van der Waals surface area contributed by atoms with Crippen LogP contribution in [-0.2, 0) is 0 Å². The number of hydrogen-bond donors (Lipinski definition) is 1. The summed E-state index contributed by atoms with van der Waals surface area (Å²) in [6, 6.07) is 5.62. The summed E-state index contributed by atoms with van der Waals surface area (Å²) >= 11 is 6.01. The van der Waals surface area contributed by atoms with E-state index in [1.165, 1.54) is 0 Å². The van der Waals surface area contributed by atoms with Crippen LogP contribution in [0.2, 0.25) is 5.02 Å².